The molecule has 0 saturated carbocycles. The summed E-state index contributed by atoms with van der Waals surface area (Å²) in [6.45, 7) is 2.01. The van der Waals surface area contributed by atoms with E-state index in [1.54, 1.807) is 6.07 Å². The molecule has 0 amide bonds. The summed E-state index contributed by atoms with van der Waals surface area (Å²) in [4.78, 5) is 4.14. The normalized spacial score (nSPS) is 8.55. The zero-order chi connectivity index (χ0) is 7.40. The van der Waals surface area contributed by atoms with Crippen molar-refractivity contribution < 1.29 is 15.6 Å². The van der Waals surface area contributed by atoms with E-state index in [0.717, 1.165) is 12.0 Å². The van der Waals surface area contributed by atoms with Crippen LogP contribution in [0.15, 0.2) is 24.3 Å². The molecule has 1 aromatic carbocycles. The summed E-state index contributed by atoms with van der Waals surface area (Å²) in [6.07, 6.45) is 0.872. The summed E-state index contributed by atoms with van der Waals surface area (Å²) >= 11 is 0. The zero-order valence-corrected chi connectivity index (χ0v) is 6.37. The summed E-state index contributed by atoms with van der Waals surface area (Å²) < 4.78 is 0. The Labute approximate surface area is 65.5 Å². The van der Waals surface area contributed by atoms with Crippen LogP contribution >= 0.6 is 0 Å². The Bertz CT molecular complexity index is 187. The van der Waals surface area contributed by atoms with Crippen LogP contribution in [-0.4, -0.2) is 10.7 Å². The van der Waals surface area contributed by atoms with E-state index < -0.39 is 0 Å². The molecule has 1 aromatic rings. The largest absolute Gasteiger partial charge is 0.412 e. The van der Waals surface area contributed by atoms with Gasteiger partial charge >= 0.3 is 0 Å². The molecule has 0 bridgehead atoms. The van der Waals surface area contributed by atoms with Gasteiger partial charge in [0.15, 0.2) is 5.75 Å². The Hall–Kier alpha value is -1.06. The maximum atomic E-state index is 8.35. The van der Waals surface area contributed by atoms with Crippen molar-refractivity contribution in [1.82, 2.24) is 0 Å². The van der Waals surface area contributed by atoms with E-state index in [1.165, 1.54) is 0 Å². The first-order valence-corrected chi connectivity index (χ1v) is 3.27. The highest BCUT2D eigenvalue weighted by Crippen LogP contribution is 2.16. The predicted octanol–water partition coefficient (Wildman–Crippen LogP) is 1.28. The van der Waals surface area contributed by atoms with E-state index in [-0.39, 0.29) is 5.48 Å². The highest BCUT2D eigenvalue weighted by Gasteiger charge is 1.97. The number of hydrogen-bond donors (Lipinski definition) is 1. The van der Waals surface area contributed by atoms with Gasteiger partial charge in [0.25, 0.3) is 0 Å². The van der Waals surface area contributed by atoms with Gasteiger partial charge in [0.2, 0.25) is 0 Å². The van der Waals surface area contributed by atoms with Crippen LogP contribution in [0.2, 0.25) is 0 Å². The molecule has 0 fully saturated rings. The summed E-state index contributed by atoms with van der Waals surface area (Å²) in [7, 11) is 0. The Morgan fingerprint density at radius 2 is 2.00 bits per heavy atom. The number of rotatable bonds is 2. The van der Waals surface area contributed by atoms with Gasteiger partial charge in [-0.2, -0.15) is 0 Å². The highest BCUT2D eigenvalue weighted by molar-refractivity contribution is 5.32. The average Bonchev–Trinajstić information content (AvgIpc) is 2.04. The highest BCUT2D eigenvalue weighted by atomic mass is 17.1. The van der Waals surface area contributed by atoms with Crippen LogP contribution in [0.3, 0.4) is 0 Å². The van der Waals surface area contributed by atoms with Gasteiger partial charge in [-0.05, 0) is 18.1 Å². The van der Waals surface area contributed by atoms with E-state index in [1.807, 2.05) is 25.1 Å². The third-order valence-electron chi connectivity index (χ3n) is 1.45. The number of para-hydroxylation sites is 1. The second-order valence-corrected chi connectivity index (χ2v) is 2.05. The second kappa shape index (κ2) is 4.71. The molecule has 0 aliphatic rings. The van der Waals surface area contributed by atoms with E-state index >= 15 is 0 Å². The fraction of sp³-hybridized carbons (Fsp3) is 0.250. The van der Waals surface area contributed by atoms with Crippen molar-refractivity contribution in [2.24, 2.45) is 0 Å². The lowest BCUT2D eigenvalue weighted by Crippen LogP contribution is -1.89. The molecule has 0 saturated heterocycles. The molecule has 3 N–H and O–H groups in total. The molecule has 0 spiro atoms. The zero-order valence-electron chi connectivity index (χ0n) is 6.37. The summed E-state index contributed by atoms with van der Waals surface area (Å²) in [5, 5.41) is 8.35. The molecule has 0 aliphatic carbocycles. The molecule has 0 unspecified atom stereocenters. The molecule has 3 heteroatoms. The standard InChI is InChI=1S/C8H10O2.H2O/c1-2-7-5-3-4-6-8(7)10-9;/h3-6,9H,2H2,1H3;1H2. The van der Waals surface area contributed by atoms with Crippen LogP contribution in [0.5, 0.6) is 5.75 Å². The van der Waals surface area contributed by atoms with Crippen LogP contribution < -0.4 is 4.89 Å². The fourth-order valence-corrected chi connectivity index (χ4v) is 0.885. The van der Waals surface area contributed by atoms with Crippen molar-refractivity contribution in [3.63, 3.8) is 0 Å². The van der Waals surface area contributed by atoms with Crippen molar-refractivity contribution in [2.75, 3.05) is 0 Å². The number of aryl methyl sites for hydroxylation is 1. The Morgan fingerprint density at radius 1 is 1.36 bits per heavy atom. The van der Waals surface area contributed by atoms with Gasteiger partial charge < -0.3 is 10.4 Å². The molecular weight excluding hydrogens is 144 g/mol. The van der Waals surface area contributed by atoms with Gasteiger partial charge in [0.05, 0.1) is 0 Å². The third kappa shape index (κ3) is 2.22. The average molecular weight is 156 g/mol. The van der Waals surface area contributed by atoms with Crippen LogP contribution in [-0.2, 0) is 6.42 Å². The Balaban J connectivity index is 0.000001000. The summed E-state index contributed by atoms with van der Waals surface area (Å²) in [5.41, 5.74) is 1.02. The third-order valence-corrected chi connectivity index (χ3v) is 1.45. The van der Waals surface area contributed by atoms with Gasteiger partial charge in [-0.15, -0.1) is 0 Å². The van der Waals surface area contributed by atoms with Crippen molar-refractivity contribution in [3.8, 4) is 5.75 Å². The van der Waals surface area contributed by atoms with Crippen LogP contribution in [0.4, 0.5) is 0 Å². The minimum Gasteiger partial charge on any atom is -0.412 e. The molecule has 0 atom stereocenters. The van der Waals surface area contributed by atoms with E-state index in [0.29, 0.717) is 5.75 Å². The van der Waals surface area contributed by atoms with Crippen molar-refractivity contribution in [1.29, 1.82) is 0 Å². The summed E-state index contributed by atoms with van der Waals surface area (Å²) in [6, 6.07) is 7.40. The smallest absolute Gasteiger partial charge is 0.168 e. The number of hydrogen-bond acceptors (Lipinski definition) is 2. The Kier molecular flexibility index (Phi) is 4.26. The molecule has 1 rings (SSSR count). The van der Waals surface area contributed by atoms with Gasteiger partial charge in [-0.3, -0.25) is 0 Å². The molecule has 0 heterocycles. The minimum absolute atomic E-state index is 0. The maximum absolute atomic E-state index is 8.35. The predicted molar refractivity (Wildman–Crippen MR) is 42.7 cm³/mol. The second-order valence-electron chi connectivity index (χ2n) is 2.05. The molecule has 0 aliphatic heterocycles. The van der Waals surface area contributed by atoms with Crippen LogP contribution in [0, 0.1) is 0 Å². The van der Waals surface area contributed by atoms with Gasteiger partial charge in [0, 0.05) is 0 Å². The SMILES string of the molecule is CCc1ccccc1OO.O. The minimum atomic E-state index is 0. The molecule has 11 heavy (non-hydrogen) atoms. The van der Waals surface area contributed by atoms with Gasteiger partial charge in [-0.25, -0.2) is 5.26 Å². The van der Waals surface area contributed by atoms with Crippen molar-refractivity contribution in [3.05, 3.63) is 29.8 Å². The van der Waals surface area contributed by atoms with Gasteiger partial charge in [0.1, 0.15) is 0 Å². The lowest BCUT2D eigenvalue weighted by molar-refractivity contribution is -0.138. The van der Waals surface area contributed by atoms with E-state index in [9.17, 15) is 0 Å². The molecule has 0 aromatic heterocycles. The summed E-state index contributed by atoms with van der Waals surface area (Å²) in [5.74, 6) is 0.546. The first-order chi connectivity index (χ1) is 4.88. The Morgan fingerprint density at radius 3 is 2.45 bits per heavy atom. The monoisotopic (exact) mass is 156 g/mol. The molecule has 3 nitrogen and oxygen atoms in total. The topological polar surface area (TPSA) is 61.0 Å². The maximum Gasteiger partial charge on any atom is 0.168 e. The van der Waals surface area contributed by atoms with E-state index in [4.69, 9.17) is 5.26 Å². The molecule has 0 radical (unpaired) electrons. The van der Waals surface area contributed by atoms with Crippen LogP contribution in [0.1, 0.15) is 12.5 Å². The van der Waals surface area contributed by atoms with E-state index in [2.05, 4.69) is 4.89 Å². The lowest BCUT2D eigenvalue weighted by atomic mass is 10.1. The first-order valence-electron chi connectivity index (χ1n) is 3.27. The lowest BCUT2D eigenvalue weighted by Gasteiger charge is -2.01. The molecule has 62 valence electrons. The van der Waals surface area contributed by atoms with Gasteiger partial charge in [-0.1, -0.05) is 25.1 Å². The van der Waals surface area contributed by atoms with Crippen molar-refractivity contribution >= 4 is 0 Å². The fourth-order valence-electron chi connectivity index (χ4n) is 0.885. The first kappa shape index (κ1) is 9.94. The van der Waals surface area contributed by atoms with Crippen molar-refractivity contribution in [2.45, 2.75) is 13.3 Å². The molecular formula is C8H12O3. The van der Waals surface area contributed by atoms with Crippen LogP contribution in [0.25, 0.3) is 0 Å². The number of benzene rings is 1. The quantitative estimate of drug-likeness (QED) is 0.517.